The normalized spacial score (nSPS) is 15.7. The van der Waals surface area contributed by atoms with Crippen LogP contribution in [0.5, 0.6) is 0 Å². The van der Waals surface area contributed by atoms with Crippen LogP contribution in [0, 0.1) is 0 Å². The zero-order chi connectivity index (χ0) is 18.5. The fraction of sp³-hybridized carbons (Fsp3) is 0.250. The van der Waals surface area contributed by atoms with Gasteiger partial charge in [0.2, 0.25) is 11.8 Å². The fourth-order valence-electron chi connectivity index (χ4n) is 3.26. The van der Waals surface area contributed by atoms with Crippen LogP contribution in [0.1, 0.15) is 40.9 Å². The van der Waals surface area contributed by atoms with Crippen LogP contribution < -0.4 is 10.9 Å². The van der Waals surface area contributed by atoms with Gasteiger partial charge in [0.05, 0.1) is 12.5 Å². The van der Waals surface area contributed by atoms with E-state index in [0.29, 0.717) is 12.1 Å². The van der Waals surface area contributed by atoms with Gasteiger partial charge in [-0.3, -0.25) is 25.2 Å². The van der Waals surface area contributed by atoms with E-state index in [2.05, 4.69) is 10.9 Å². The molecule has 0 radical (unpaired) electrons. The van der Waals surface area contributed by atoms with Crippen LogP contribution in [0.15, 0.2) is 54.6 Å². The van der Waals surface area contributed by atoms with E-state index in [4.69, 9.17) is 0 Å². The Labute approximate surface area is 152 Å². The highest BCUT2D eigenvalue weighted by Gasteiger charge is 2.30. The highest BCUT2D eigenvalue weighted by atomic mass is 16.2. The molecule has 1 aliphatic rings. The zero-order valence-corrected chi connectivity index (χ0v) is 14.6. The van der Waals surface area contributed by atoms with E-state index >= 15 is 0 Å². The molecule has 3 rings (SSSR count). The van der Waals surface area contributed by atoms with Gasteiger partial charge < -0.3 is 4.90 Å². The lowest BCUT2D eigenvalue weighted by atomic mass is 9.90. The summed E-state index contributed by atoms with van der Waals surface area (Å²) in [6, 6.07) is 16.1. The Hall–Kier alpha value is -3.15. The predicted molar refractivity (Wildman–Crippen MR) is 96.9 cm³/mol. The van der Waals surface area contributed by atoms with E-state index in [0.717, 1.165) is 17.5 Å². The van der Waals surface area contributed by atoms with Crippen molar-refractivity contribution in [2.45, 2.75) is 25.8 Å². The van der Waals surface area contributed by atoms with Crippen molar-refractivity contribution in [3.8, 4) is 0 Å². The lowest BCUT2D eigenvalue weighted by Crippen LogP contribution is -2.45. The molecule has 6 heteroatoms. The number of benzene rings is 2. The molecule has 1 unspecified atom stereocenters. The Kier molecular flexibility index (Phi) is 5.31. The molecule has 134 valence electrons. The standard InChI is InChI=1S/C20H21N3O3/c1-14(24)23-12-11-15-7-5-6-10-17(15)18(23)13-19(25)21-22-20(26)16-8-3-2-4-9-16/h2-10,18H,11-13H2,1H3,(H,21,25)(H,22,26). The molecule has 0 aliphatic carbocycles. The smallest absolute Gasteiger partial charge is 0.269 e. The highest BCUT2D eigenvalue weighted by molar-refractivity contribution is 5.95. The van der Waals surface area contributed by atoms with Crippen molar-refractivity contribution in [2.24, 2.45) is 0 Å². The topological polar surface area (TPSA) is 78.5 Å². The first-order valence-electron chi connectivity index (χ1n) is 8.55. The van der Waals surface area contributed by atoms with Gasteiger partial charge in [-0.05, 0) is 29.7 Å². The number of nitrogens with zero attached hydrogens (tertiary/aromatic N) is 1. The second-order valence-electron chi connectivity index (χ2n) is 6.25. The molecule has 0 bridgehead atoms. The summed E-state index contributed by atoms with van der Waals surface area (Å²) in [4.78, 5) is 38.1. The van der Waals surface area contributed by atoms with Crippen molar-refractivity contribution in [1.82, 2.24) is 15.8 Å². The van der Waals surface area contributed by atoms with Crippen LogP contribution in [0.4, 0.5) is 0 Å². The second-order valence-corrected chi connectivity index (χ2v) is 6.25. The quantitative estimate of drug-likeness (QED) is 0.830. The number of rotatable bonds is 3. The third kappa shape index (κ3) is 3.91. The summed E-state index contributed by atoms with van der Waals surface area (Å²) < 4.78 is 0. The summed E-state index contributed by atoms with van der Waals surface area (Å²) in [7, 11) is 0. The Morgan fingerprint density at radius 3 is 2.42 bits per heavy atom. The van der Waals surface area contributed by atoms with Gasteiger partial charge in [-0.2, -0.15) is 0 Å². The van der Waals surface area contributed by atoms with E-state index in [9.17, 15) is 14.4 Å². The molecule has 1 heterocycles. The van der Waals surface area contributed by atoms with E-state index < -0.39 is 0 Å². The van der Waals surface area contributed by atoms with Gasteiger partial charge in [-0.25, -0.2) is 0 Å². The van der Waals surface area contributed by atoms with Gasteiger partial charge in [0.15, 0.2) is 0 Å². The molecule has 0 saturated carbocycles. The molecule has 2 aromatic rings. The molecule has 1 atom stereocenters. The maximum Gasteiger partial charge on any atom is 0.269 e. The number of carbonyl (C=O) groups excluding carboxylic acids is 3. The molecule has 3 amide bonds. The first kappa shape index (κ1) is 17.7. The maximum atomic E-state index is 12.4. The lowest BCUT2D eigenvalue weighted by molar-refractivity contribution is -0.133. The minimum Gasteiger partial charge on any atom is -0.335 e. The molecule has 0 aromatic heterocycles. The molecule has 26 heavy (non-hydrogen) atoms. The minimum absolute atomic E-state index is 0.0642. The molecule has 2 N–H and O–H groups in total. The van der Waals surface area contributed by atoms with E-state index in [1.54, 1.807) is 29.2 Å². The predicted octanol–water partition coefficient (Wildman–Crippen LogP) is 1.98. The zero-order valence-electron chi connectivity index (χ0n) is 14.6. The summed E-state index contributed by atoms with van der Waals surface area (Å²) in [6.45, 7) is 2.09. The lowest BCUT2D eigenvalue weighted by Gasteiger charge is -2.36. The SMILES string of the molecule is CC(=O)N1CCc2ccccc2C1CC(=O)NNC(=O)c1ccccc1. The molecular formula is C20H21N3O3. The molecule has 1 aliphatic heterocycles. The maximum absolute atomic E-state index is 12.4. The van der Waals surface area contributed by atoms with Crippen LogP contribution in [-0.2, 0) is 16.0 Å². The summed E-state index contributed by atoms with van der Waals surface area (Å²) in [6.07, 6.45) is 0.865. The first-order chi connectivity index (χ1) is 12.6. The average molecular weight is 351 g/mol. The van der Waals surface area contributed by atoms with Crippen molar-refractivity contribution < 1.29 is 14.4 Å². The van der Waals surface area contributed by atoms with Gasteiger partial charge in [0.25, 0.3) is 5.91 Å². The molecule has 2 aromatic carbocycles. The largest absolute Gasteiger partial charge is 0.335 e. The molecule has 6 nitrogen and oxygen atoms in total. The number of nitrogens with one attached hydrogen (secondary N) is 2. The average Bonchev–Trinajstić information content (AvgIpc) is 2.66. The van der Waals surface area contributed by atoms with E-state index in [1.165, 1.54) is 6.92 Å². The molecule has 0 fully saturated rings. The van der Waals surface area contributed by atoms with Crippen molar-refractivity contribution in [2.75, 3.05) is 6.54 Å². The Balaban J connectivity index is 1.67. The number of amides is 3. The number of carbonyl (C=O) groups is 3. The Morgan fingerprint density at radius 1 is 1.00 bits per heavy atom. The summed E-state index contributed by atoms with van der Waals surface area (Å²) in [5, 5.41) is 0. The number of hydrazine groups is 1. The van der Waals surface area contributed by atoms with Crippen LogP contribution in [0.3, 0.4) is 0 Å². The summed E-state index contributed by atoms with van der Waals surface area (Å²) in [5.74, 6) is -0.792. The van der Waals surface area contributed by atoms with E-state index in [-0.39, 0.29) is 30.2 Å². The number of fused-ring (bicyclic) bond motifs is 1. The first-order valence-corrected chi connectivity index (χ1v) is 8.55. The van der Waals surface area contributed by atoms with Crippen molar-refractivity contribution in [3.05, 3.63) is 71.3 Å². The van der Waals surface area contributed by atoms with Gasteiger partial charge >= 0.3 is 0 Å². The van der Waals surface area contributed by atoms with Crippen molar-refractivity contribution >= 4 is 17.7 Å². The van der Waals surface area contributed by atoms with Crippen molar-refractivity contribution in [1.29, 1.82) is 0 Å². The van der Waals surface area contributed by atoms with Crippen LogP contribution in [0.25, 0.3) is 0 Å². The number of hydrogen-bond donors (Lipinski definition) is 2. The van der Waals surface area contributed by atoms with E-state index in [1.807, 2.05) is 30.3 Å². The molecular weight excluding hydrogens is 330 g/mol. The van der Waals surface area contributed by atoms with Crippen LogP contribution >= 0.6 is 0 Å². The van der Waals surface area contributed by atoms with Crippen LogP contribution in [0.2, 0.25) is 0 Å². The molecule has 0 saturated heterocycles. The van der Waals surface area contributed by atoms with Gasteiger partial charge in [-0.15, -0.1) is 0 Å². The highest BCUT2D eigenvalue weighted by Crippen LogP contribution is 2.32. The van der Waals surface area contributed by atoms with Gasteiger partial charge in [-0.1, -0.05) is 42.5 Å². The van der Waals surface area contributed by atoms with Crippen LogP contribution in [-0.4, -0.2) is 29.2 Å². The molecule has 0 spiro atoms. The fourth-order valence-corrected chi connectivity index (χ4v) is 3.26. The number of hydrogen-bond acceptors (Lipinski definition) is 3. The van der Waals surface area contributed by atoms with Gasteiger partial charge in [0.1, 0.15) is 0 Å². The monoisotopic (exact) mass is 351 g/mol. The van der Waals surface area contributed by atoms with Gasteiger partial charge in [0, 0.05) is 19.0 Å². The van der Waals surface area contributed by atoms with Crippen molar-refractivity contribution in [3.63, 3.8) is 0 Å². The Morgan fingerprint density at radius 2 is 1.69 bits per heavy atom. The minimum atomic E-state index is -0.383. The summed E-state index contributed by atoms with van der Waals surface area (Å²) in [5.41, 5.74) is 7.45. The Bertz CT molecular complexity index is 820. The summed E-state index contributed by atoms with van der Waals surface area (Å²) >= 11 is 0. The second kappa shape index (κ2) is 7.82. The third-order valence-electron chi connectivity index (χ3n) is 4.55. The third-order valence-corrected chi connectivity index (χ3v) is 4.55.